The topological polar surface area (TPSA) is 66.5 Å². The molecule has 0 aromatic heterocycles. The largest absolute Gasteiger partial charge is 0.353 e. The molecule has 1 atom stereocenters. The van der Waals surface area contributed by atoms with E-state index in [1.807, 2.05) is 13.8 Å². The van der Waals surface area contributed by atoms with Crippen LogP contribution in [0.2, 0.25) is 0 Å². The quantitative estimate of drug-likeness (QED) is 0.794. The lowest BCUT2D eigenvalue weighted by atomic mass is 10.2. The number of benzene rings is 1. The molecule has 1 N–H and O–H groups in total. The van der Waals surface area contributed by atoms with Crippen LogP contribution >= 0.6 is 15.9 Å². The lowest BCUT2D eigenvalue weighted by Gasteiger charge is -2.19. The highest BCUT2D eigenvalue weighted by molar-refractivity contribution is 9.10. The van der Waals surface area contributed by atoms with E-state index < -0.39 is 10.0 Å². The van der Waals surface area contributed by atoms with Gasteiger partial charge in [0.15, 0.2) is 0 Å². The van der Waals surface area contributed by atoms with Gasteiger partial charge in [-0.25, -0.2) is 8.42 Å². The summed E-state index contributed by atoms with van der Waals surface area (Å²) >= 11 is 3.26. The van der Waals surface area contributed by atoms with Gasteiger partial charge in [-0.2, -0.15) is 4.31 Å². The second-order valence-electron chi connectivity index (χ2n) is 4.97. The Kier molecular flexibility index (Phi) is 6.83. The van der Waals surface area contributed by atoms with Crippen LogP contribution in [-0.4, -0.2) is 38.3 Å². The van der Waals surface area contributed by atoms with Crippen molar-refractivity contribution in [1.82, 2.24) is 9.62 Å². The molecular weight excluding hydrogens is 356 g/mol. The van der Waals surface area contributed by atoms with Gasteiger partial charge in [0.2, 0.25) is 15.9 Å². The molecule has 1 unspecified atom stereocenters. The van der Waals surface area contributed by atoms with Gasteiger partial charge in [0.1, 0.15) is 0 Å². The second kappa shape index (κ2) is 7.91. The van der Waals surface area contributed by atoms with Crippen LogP contribution in [0.5, 0.6) is 0 Å². The van der Waals surface area contributed by atoms with Crippen molar-refractivity contribution >= 4 is 31.9 Å². The van der Waals surface area contributed by atoms with Crippen molar-refractivity contribution in [3.63, 3.8) is 0 Å². The number of likely N-dealkylation sites (N-methyl/N-ethyl adjacent to an activating group) is 1. The number of rotatable bonds is 7. The number of halogens is 1. The molecule has 1 aromatic carbocycles. The van der Waals surface area contributed by atoms with Gasteiger partial charge >= 0.3 is 0 Å². The molecule has 0 bridgehead atoms. The predicted molar refractivity (Wildman–Crippen MR) is 86.5 cm³/mol. The molecule has 0 fully saturated rings. The molecule has 0 saturated carbocycles. The fourth-order valence-electron chi connectivity index (χ4n) is 1.90. The fraction of sp³-hybridized carbons (Fsp3) is 0.500. The molecule has 1 amide bonds. The number of hydrogen-bond donors (Lipinski definition) is 1. The van der Waals surface area contributed by atoms with Crippen LogP contribution in [0.25, 0.3) is 0 Å². The van der Waals surface area contributed by atoms with Crippen molar-refractivity contribution in [2.75, 3.05) is 13.6 Å². The molecular formula is C14H21BrN2O3S. The maximum absolute atomic E-state index is 12.3. The van der Waals surface area contributed by atoms with Crippen LogP contribution in [0.15, 0.2) is 33.6 Å². The first kappa shape index (κ1) is 18.1. The van der Waals surface area contributed by atoms with E-state index in [0.717, 1.165) is 21.6 Å². The summed E-state index contributed by atoms with van der Waals surface area (Å²) in [5.41, 5.74) is 0. The van der Waals surface area contributed by atoms with E-state index in [0.29, 0.717) is 0 Å². The summed E-state index contributed by atoms with van der Waals surface area (Å²) in [6.07, 6.45) is 1.84. The molecule has 0 radical (unpaired) electrons. The Bertz CT molecular complexity index is 572. The van der Waals surface area contributed by atoms with Crippen LogP contribution in [0.4, 0.5) is 0 Å². The smallest absolute Gasteiger partial charge is 0.243 e. The zero-order chi connectivity index (χ0) is 16.0. The van der Waals surface area contributed by atoms with Gasteiger partial charge in [-0.1, -0.05) is 29.3 Å². The van der Waals surface area contributed by atoms with Crippen molar-refractivity contribution in [2.24, 2.45) is 0 Å². The van der Waals surface area contributed by atoms with Crippen LogP contribution in [0.3, 0.4) is 0 Å². The van der Waals surface area contributed by atoms with Gasteiger partial charge in [-0.05, 0) is 37.6 Å². The Morgan fingerprint density at radius 2 is 1.90 bits per heavy atom. The molecule has 21 heavy (non-hydrogen) atoms. The van der Waals surface area contributed by atoms with Crippen molar-refractivity contribution in [1.29, 1.82) is 0 Å². The standard InChI is InChI=1S/C14H21BrN2O3S/c1-4-5-11(2)16-14(18)10-17(3)21(19,20)13-8-6-12(15)7-9-13/h6-9,11H,4-5,10H2,1-3H3,(H,16,18). The summed E-state index contributed by atoms with van der Waals surface area (Å²) in [5.74, 6) is -0.292. The third-order valence-electron chi connectivity index (χ3n) is 3.02. The first-order chi connectivity index (χ1) is 9.77. The zero-order valence-corrected chi connectivity index (χ0v) is 14.9. The Morgan fingerprint density at radius 3 is 2.43 bits per heavy atom. The maximum atomic E-state index is 12.3. The minimum absolute atomic E-state index is 0.0475. The Balaban J connectivity index is 2.71. The van der Waals surface area contributed by atoms with E-state index in [-0.39, 0.29) is 23.4 Å². The van der Waals surface area contributed by atoms with E-state index in [9.17, 15) is 13.2 Å². The SMILES string of the molecule is CCCC(C)NC(=O)CN(C)S(=O)(=O)c1ccc(Br)cc1. The van der Waals surface area contributed by atoms with E-state index in [2.05, 4.69) is 21.2 Å². The van der Waals surface area contributed by atoms with E-state index >= 15 is 0 Å². The fourth-order valence-corrected chi connectivity index (χ4v) is 3.29. The number of sulfonamides is 1. The first-order valence-corrected chi connectivity index (χ1v) is 9.02. The zero-order valence-electron chi connectivity index (χ0n) is 12.5. The summed E-state index contributed by atoms with van der Waals surface area (Å²) in [5, 5.41) is 2.79. The lowest BCUT2D eigenvalue weighted by molar-refractivity contribution is -0.121. The predicted octanol–water partition coefficient (Wildman–Crippen LogP) is 2.37. The molecule has 0 aliphatic heterocycles. The van der Waals surface area contributed by atoms with Crippen LogP contribution in [0, 0.1) is 0 Å². The third-order valence-corrected chi connectivity index (χ3v) is 5.36. The molecule has 7 heteroatoms. The van der Waals surface area contributed by atoms with Crippen LogP contribution < -0.4 is 5.32 Å². The van der Waals surface area contributed by atoms with Crippen LogP contribution in [-0.2, 0) is 14.8 Å². The second-order valence-corrected chi connectivity index (χ2v) is 7.93. The molecule has 0 spiro atoms. The highest BCUT2D eigenvalue weighted by atomic mass is 79.9. The Labute approximate surface area is 134 Å². The van der Waals surface area contributed by atoms with Gasteiger partial charge in [0, 0.05) is 17.6 Å². The van der Waals surface area contributed by atoms with Crippen molar-refractivity contribution in [2.45, 2.75) is 37.6 Å². The highest BCUT2D eigenvalue weighted by Gasteiger charge is 2.23. The van der Waals surface area contributed by atoms with E-state index in [1.54, 1.807) is 12.1 Å². The number of hydrogen-bond acceptors (Lipinski definition) is 3. The Hall–Kier alpha value is -0.920. The molecule has 118 valence electrons. The number of amides is 1. The molecule has 0 saturated heterocycles. The minimum atomic E-state index is -3.65. The summed E-state index contributed by atoms with van der Waals surface area (Å²) < 4.78 is 26.5. The molecule has 0 aliphatic rings. The molecule has 0 aliphatic carbocycles. The van der Waals surface area contributed by atoms with Gasteiger partial charge in [-0.15, -0.1) is 0 Å². The lowest BCUT2D eigenvalue weighted by Crippen LogP contribution is -2.41. The Morgan fingerprint density at radius 1 is 1.33 bits per heavy atom. The minimum Gasteiger partial charge on any atom is -0.353 e. The summed E-state index contributed by atoms with van der Waals surface area (Å²) in [6, 6.07) is 6.38. The summed E-state index contributed by atoms with van der Waals surface area (Å²) in [7, 11) is -2.24. The average Bonchev–Trinajstić information content (AvgIpc) is 2.39. The summed E-state index contributed by atoms with van der Waals surface area (Å²) in [4.78, 5) is 12.0. The van der Waals surface area contributed by atoms with Crippen LogP contribution in [0.1, 0.15) is 26.7 Å². The van der Waals surface area contributed by atoms with Crippen molar-refractivity contribution in [3.05, 3.63) is 28.7 Å². The molecule has 5 nitrogen and oxygen atoms in total. The monoisotopic (exact) mass is 376 g/mol. The van der Waals surface area contributed by atoms with Gasteiger partial charge in [0.05, 0.1) is 11.4 Å². The number of carbonyl (C=O) groups excluding carboxylic acids is 1. The number of nitrogens with zero attached hydrogens (tertiary/aromatic N) is 1. The molecule has 1 aromatic rings. The maximum Gasteiger partial charge on any atom is 0.243 e. The normalized spacial score (nSPS) is 13.2. The van der Waals surface area contributed by atoms with Gasteiger partial charge in [-0.3, -0.25) is 4.79 Å². The number of carbonyl (C=O) groups is 1. The van der Waals surface area contributed by atoms with E-state index in [1.165, 1.54) is 19.2 Å². The average molecular weight is 377 g/mol. The van der Waals surface area contributed by atoms with Crippen molar-refractivity contribution < 1.29 is 13.2 Å². The van der Waals surface area contributed by atoms with Gasteiger partial charge < -0.3 is 5.32 Å². The van der Waals surface area contributed by atoms with Gasteiger partial charge in [0.25, 0.3) is 0 Å². The first-order valence-electron chi connectivity index (χ1n) is 6.78. The third kappa shape index (κ3) is 5.41. The molecule has 1 rings (SSSR count). The highest BCUT2D eigenvalue weighted by Crippen LogP contribution is 2.17. The van der Waals surface area contributed by atoms with E-state index in [4.69, 9.17) is 0 Å². The molecule has 0 heterocycles. The summed E-state index contributed by atoms with van der Waals surface area (Å²) in [6.45, 7) is 3.75. The number of nitrogens with one attached hydrogen (secondary N) is 1. The van der Waals surface area contributed by atoms with Crippen molar-refractivity contribution in [3.8, 4) is 0 Å².